The molecule has 1 aliphatic rings. The monoisotopic (exact) mass is 144 g/mol. The number of hydrogen-bond donors (Lipinski definition) is 2. The van der Waals surface area contributed by atoms with E-state index in [2.05, 4.69) is 0 Å². The molecule has 0 amide bonds. The van der Waals surface area contributed by atoms with Gasteiger partial charge in [0.1, 0.15) is 0 Å². The highest BCUT2D eigenvalue weighted by atomic mass is 16.3. The van der Waals surface area contributed by atoms with Gasteiger partial charge < -0.3 is 10.2 Å². The molecular weight excluding hydrogens is 128 g/mol. The normalized spacial score (nSPS) is 24.9. The van der Waals surface area contributed by atoms with Crippen LogP contribution in [0.2, 0.25) is 0 Å². The maximum Gasteiger partial charge on any atom is 0.0641 e. The first-order chi connectivity index (χ1) is 4.62. The maximum atomic E-state index is 9.56. The molecule has 1 fully saturated rings. The van der Waals surface area contributed by atoms with Crippen LogP contribution in [-0.4, -0.2) is 22.9 Å². The minimum absolute atomic E-state index is 0.117. The van der Waals surface area contributed by atoms with E-state index in [0.29, 0.717) is 0 Å². The Balaban J connectivity index is 2.47. The maximum absolute atomic E-state index is 9.56. The van der Waals surface area contributed by atoms with E-state index in [0.717, 1.165) is 12.8 Å². The molecule has 2 N–H and O–H groups in total. The Morgan fingerprint density at radius 2 is 1.90 bits per heavy atom. The lowest BCUT2D eigenvalue weighted by molar-refractivity contribution is 0.0184. The van der Waals surface area contributed by atoms with E-state index in [9.17, 15) is 5.11 Å². The van der Waals surface area contributed by atoms with E-state index in [1.807, 2.05) is 13.8 Å². The first-order valence-electron chi connectivity index (χ1n) is 3.91. The van der Waals surface area contributed by atoms with Gasteiger partial charge in [0.2, 0.25) is 0 Å². The molecule has 0 radical (unpaired) electrons. The van der Waals surface area contributed by atoms with Gasteiger partial charge in [-0.2, -0.15) is 0 Å². The van der Waals surface area contributed by atoms with Crippen LogP contribution in [0.5, 0.6) is 0 Å². The fourth-order valence-corrected chi connectivity index (χ4v) is 1.42. The lowest BCUT2D eigenvalue weighted by atomic mass is 9.91. The molecule has 1 rings (SSSR count). The molecule has 10 heavy (non-hydrogen) atoms. The topological polar surface area (TPSA) is 40.5 Å². The Kier molecular flexibility index (Phi) is 2.02. The van der Waals surface area contributed by atoms with Crippen molar-refractivity contribution in [3.63, 3.8) is 0 Å². The number of rotatable bonds is 3. The van der Waals surface area contributed by atoms with Crippen LogP contribution in [0.25, 0.3) is 0 Å². The minimum atomic E-state index is -0.308. The van der Waals surface area contributed by atoms with Gasteiger partial charge in [0.15, 0.2) is 0 Å². The van der Waals surface area contributed by atoms with Gasteiger partial charge in [-0.25, -0.2) is 0 Å². The average Bonchev–Trinajstić information content (AvgIpc) is 2.66. The third kappa shape index (κ3) is 1.18. The summed E-state index contributed by atoms with van der Waals surface area (Å²) in [4.78, 5) is 0. The van der Waals surface area contributed by atoms with Gasteiger partial charge >= 0.3 is 0 Å². The number of hydrogen-bond acceptors (Lipinski definition) is 2. The van der Waals surface area contributed by atoms with Crippen molar-refractivity contribution in [1.29, 1.82) is 0 Å². The summed E-state index contributed by atoms with van der Waals surface area (Å²) in [5, 5.41) is 18.5. The van der Waals surface area contributed by atoms with Crippen LogP contribution in [0, 0.1) is 11.3 Å². The van der Waals surface area contributed by atoms with Gasteiger partial charge in [0.25, 0.3) is 0 Å². The summed E-state index contributed by atoms with van der Waals surface area (Å²) in [7, 11) is 0. The van der Waals surface area contributed by atoms with Crippen LogP contribution in [0.15, 0.2) is 0 Å². The second-order valence-electron chi connectivity index (χ2n) is 3.71. The molecule has 60 valence electrons. The van der Waals surface area contributed by atoms with E-state index >= 15 is 0 Å². The van der Waals surface area contributed by atoms with Crippen molar-refractivity contribution in [2.45, 2.75) is 32.8 Å². The molecule has 2 nitrogen and oxygen atoms in total. The minimum Gasteiger partial charge on any atom is -0.396 e. The van der Waals surface area contributed by atoms with Crippen LogP contribution in [0.1, 0.15) is 26.7 Å². The van der Waals surface area contributed by atoms with Crippen molar-refractivity contribution in [2.24, 2.45) is 11.3 Å². The second kappa shape index (κ2) is 2.51. The fraction of sp³-hybridized carbons (Fsp3) is 1.00. The van der Waals surface area contributed by atoms with E-state index < -0.39 is 0 Å². The summed E-state index contributed by atoms with van der Waals surface area (Å²) in [5.41, 5.74) is -0.117. The standard InChI is InChI=1S/C8H16O2/c1-6(2)7(10)8(5-9)3-4-8/h6-7,9-10H,3-5H2,1-2H3/t7-/m0/s1. The van der Waals surface area contributed by atoms with E-state index in [-0.39, 0.29) is 24.0 Å². The molecule has 0 aromatic carbocycles. The van der Waals surface area contributed by atoms with Gasteiger partial charge in [-0.1, -0.05) is 13.8 Å². The first-order valence-corrected chi connectivity index (χ1v) is 3.91. The predicted molar refractivity (Wildman–Crippen MR) is 39.6 cm³/mol. The molecule has 0 spiro atoms. The highest BCUT2D eigenvalue weighted by Gasteiger charge is 2.49. The van der Waals surface area contributed by atoms with Crippen LogP contribution in [0.4, 0.5) is 0 Å². The summed E-state index contributed by atoms with van der Waals surface area (Å²) in [6.45, 7) is 4.12. The highest BCUT2D eigenvalue weighted by Crippen LogP contribution is 2.50. The molecule has 1 atom stereocenters. The summed E-state index contributed by atoms with van der Waals surface area (Å²) in [5.74, 6) is 0.273. The molecular formula is C8H16O2. The van der Waals surface area contributed by atoms with Crippen LogP contribution in [0.3, 0.4) is 0 Å². The smallest absolute Gasteiger partial charge is 0.0641 e. The van der Waals surface area contributed by atoms with Gasteiger partial charge in [0, 0.05) is 5.41 Å². The van der Waals surface area contributed by atoms with Gasteiger partial charge in [-0.15, -0.1) is 0 Å². The SMILES string of the molecule is CC(C)[C@H](O)C1(CO)CC1. The zero-order valence-electron chi connectivity index (χ0n) is 6.67. The molecule has 0 aliphatic heterocycles. The fourth-order valence-electron chi connectivity index (χ4n) is 1.42. The predicted octanol–water partition coefficient (Wildman–Crippen LogP) is 0.776. The van der Waals surface area contributed by atoms with E-state index in [1.54, 1.807) is 0 Å². The Morgan fingerprint density at radius 3 is 2.00 bits per heavy atom. The average molecular weight is 144 g/mol. The van der Waals surface area contributed by atoms with Crippen molar-refractivity contribution < 1.29 is 10.2 Å². The Labute approximate surface area is 61.9 Å². The summed E-state index contributed by atoms with van der Waals surface area (Å²) in [6.07, 6.45) is 1.67. The quantitative estimate of drug-likeness (QED) is 0.614. The third-order valence-corrected chi connectivity index (χ3v) is 2.47. The molecule has 0 aromatic rings. The van der Waals surface area contributed by atoms with Gasteiger partial charge in [-0.05, 0) is 18.8 Å². The molecule has 1 aliphatic carbocycles. The summed E-state index contributed by atoms with van der Waals surface area (Å²) >= 11 is 0. The van der Waals surface area contributed by atoms with E-state index in [1.165, 1.54) is 0 Å². The Hall–Kier alpha value is -0.0800. The van der Waals surface area contributed by atoms with Crippen LogP contribution >= 0.6 is 0 Å². The van der Waals surface area contributed by atoms with Gasteiger partial charge in [0.05, 0.1) is 12.7 Å². The van der Waals surface area contributed by atoms with Crippen molar-refractivity contribution in [2.75, 3.05) is 6.61 Å². The molecule has 0 saturated heterocycles. The molecule has 0 heterocycles. The first kappa shape index (κ1) is 8.02. The lowest BCUT2D eigenvalue weighted by Gasteiger charge is -2.22. The Bertz CT molecular complexity index is 116. The zero-order valence-corrected chi connectivity index (χ0v) is 6.67. The van der Waals surface area contributed by atoms with Crippen molar-refractivity contribution in [3.05, 3.63) is 0 Å². The highest BCUT2D eigenvalue weighted by molar-refractivity contribution is 4.99. The Morgan fingerprint density at radius 1 is 1.40 bits per heavy atom. The molecule has 0 unspecified atom stereocenters. The van der Waals surface area contributed by atoms with Crippen molar-refractivity contribution >= 4 is 0 Å². The van der Waals surface area contributed by atoms with Crippen LogP contribution in [-0.2, 0) is 0 Å². The molecule has 1 saturated carbocycles. The van der Waals surface area contributed by atoms with Crippen molar-refractivity contribution in [3.8, 4) is 0 Å². The molecule has 0 aromatic heterocycles. The number of aliphatic hydroxyl groups excluding tert-OH is 2. The van der Waals surface area contributed by atoms with Crippen LogP contribution < -0.4 is 0 Å². The number of aliphatic hydroxyl groups is 2. The second-order valence-corrected chi connectivity index (χ2v) is 3.71. The third-order valence-electron chi connectivity index (χ3n) is 2.47. The van der Waals surface area contributed by atoms with Crippen molar-refractivity contribution in [1.82, 2.24) is 0 Å². The largest absolute Gasteiger partial charge is 0.396 e. The van der Waals surface area contributed by atoms with Gasteiger partial charge in [-0.3, -0.25) is 0 Å². The lowest BCUT2D eigenvalue weighted by Crippen LogP contribution is -2.30. The summed E-state index contributed by atoms with van der Waals surface area (Å²) in [6, 6.07) is 0. The zero-order chi connectivity index (χ0) is 7.78. The van der Waals surface area contributed by atoms with E-state index in [4.69, 9.17) is 5.11 Å². The molecule has 2 heteroatoms. The summed E-state index contributed by atoms with van der Waals surface area (Å²) < 4.78 is 0. The molecule has 0 bridgehead atoms.